The van der Waals surface area contributed by atoms with Crippen molar-refractivity contribution in [3.63, 3.8) is 0 Å². The number of likely N-dealkylation sites (N-methyl/N-ethyl adjacent to an activating group) is 1. The Labute approximate surface area is 103 Å². The summed E-state index contributed by atoms with van der Waals surface area (Å²) < 4.78 is 0. The van der Waals surface area contributed by atoms with Gasteiger partial charge in [0, 0.05) is 23.9 Å². The summed E-state index contributed by atoms with van der Waals surface area (Å²) in [6, 6.07) is 0.118. The lowest BCUT2D eigenvalue weighted by Gasteiger charge is -2.06. The lowest BCUT2D eigenvalue weighted by Crippen LogP contribution is -2.14. The van der Waals surface area contributed by atoms with Crippen LogP contribution in [0.15, 0.2) is 0 Å². The summed E-state index contributed by atoms with van der Waals surface area (Å²) in [5.74, 6) is 0. The van der Waals surface area contributed by atoms with Gasteiger partial charge >= 0.3 is 0 Å². The van der Waals surface area contributed by atoms with Crippen molar-refractivity contribution in [3.8, 4) is 0 Å². The predicted octanol–water partition coefficient (Wildman–Crippen LogP) is 2.22. The fraction of sp³-hybridized carbons (Fsp3) is 0.750. The summed E-state index contributed by atoms with van der Waals surface area (Å²) in [7, 11) is 4.18. The van der Waals surface area contributed by atoms with Crippen molar-refractivity contribution in [1.29, 1.82) is 0 Å². The molecular formula is C12H23N3S. The van der Waals surface area contributed by atoms with E-state index >= 15 is 0 Å². The van der Waals surface area contributed by atoms with Crippen molar-refractivity contribution in [2.45, 2.75) is 39.2 Å². The standard InChI is InChI=1S/C12H23N3S/c1-5-6-10-12(9(2)13)16-11(14-10)7-8-15(3)4/h9H,5-8,13H2,1-4H3. The molecule has 1 rings (SSSR count). The fourth-order valence-electron chi connectivity index (χ4n) is 1.61. The normalized spacial score (nSPS) is 13.4. The Morgan fingerprint density at radius 2 is 2.06 bits per heavy atom. The first-order chi connectivity index (χ1) is 7.54. The van der Waals surface area contributed by atoms with Crippen LogP contribution in [0.1, 0.15) is 41.9 Å². The minimum absolute atomic E-state index is 0.118. The van der Waals surface area contributed by atoms with Crippen molar-refractivity contribution in [2.75, 3.05) is 20.6 Å². The molecule has 0 aliphatic carbocycles. The Bertz CT molecular complexity index is 318. The fourth-order valence-corrected chi connectivity index (χ4v) is 2.67. The highest BCUT2D eigenvalue weighted by Crippen LogP contribution is 2.25. The molecule has 0 saturated carbocycles. The van der Waals surface area contributed by atoms with Gasteiger partial charge in [-0.2, -0.15) is 0 Å². The Balaban J connectivity index is 2.75. The number of rotatable bonds is 6. The average molecular weight is 241 g/mol. The molecule has 0 aromatic carbocycles. The van der Waals surface area contributed by atoms with Crippen LogP contribution in [0.5, 0.6) is 0 Å². The Hall–Kier alpha value is -0.450. The molecule has 3 nitrogen and oxygen atoms in total. The highest BCUT2D eigenvalue weighted by Gasteiger charge is 2.13. The highest BCUT2D eigenvalue weighted by molar-refractivity contribution is 7.11. The van der Waals surface area contributed by atoms with E-state index in [2.05, 4.69) is 25.9 Å². The number of aryl methyl sites for hydroxylation is 1. The number of thiazole rings is 1. The van der Waals surface area contributed by atoms with Gasteiger partial charge in [0.1, 0.15) is 0 Å². The molecule has 2 N–H and O–H groups in total. The SMILES string of the molecule is CCCc1nc(CCN(C)C)sc1C(C)N. The first-order valence-electron chi connectivity index (χ1n) is 5.93. The smallest absolute Gasteiger partial charge is 0.0944 e. The zero-order chi connectivity index (χ0) is 12.1. The molecular weight excluding hydrogens is 218 g/mol. The van der Waals surface area contributed by atoms with E-state index in [0.717, 1.165) is 25.8 Å². The molecule has 1 heterocycles. The first kappa shape index (κ1) is 13.6. The van der Waals surface area contributed by atoms with E-state index in [-0.39, 0.29) is 6.04 Å². The maximum atomic E-state index is 5.97. The Kier molecular flexibility index (Phi) is 5.38. The van der Waals surface area contributed by atoms with Gasteiger partial charge in [0.15, 0.2) is 0 Å². The minimum Gasteiger partial charge on any atom is -0.323 e. The third-order valence-corrected chi connectivity index (χ3v) is 3.80. The van der Waals surface area contributed by atoms with Gasteiger partial charge in [-0.15, -0.1) is 11.3 Å². The van der Waals surface area contributed by atoms with Crippen LogP contribution in [0.4, 0.5) is 0 Å². The van der Waals surface area contributed by atoms with Crippen molar-refractivity contribution in [3.05, 3.63) is 15.6 Å². The summed E-state index contributed by atoms with van der Waals surface area (Å²) in [5, 5.41) is 1.23. The van der Waals surface area contributed by atoms with Gasteiger partial charge in [-0.1, -0.05) is 13.3 Å². The molecule has 0 radical (unpaired) electrons. The molecule has 1 atom stereocenters. The number of hydrogen-bond acceptors (Lipinski definition) is 4. The zero-order valence-corrected chi connectivity index (χ0v) is 11.6. The second-order valence-corrected chi connectivity index (χ2v) is 5.63. The first-order valence-corrected chi connectivity index (χ1v) is 6.75. The van der Waals surface area contributed by atoms with Gasteiger partial charge in [0.25, 0.3) is 0 Å². The van der Waals surface area contributed by atoms with E-state index in [9.17, 15) is 0 Å². The van der Waals surface area contributed by atoms with Gasteiger partial charge in [-0.05, 0) is 27.4 Å². The third kappa shape index (κ3) is 3.85. The second kappa shape index (κ2) is 6.33. The van der Waals surface area contributed by atoms with E-state index in [1.807, 2.05) is 6.92 Å². The van der Waals surface area contributed by atoms with Crippen LogP contribution in [0.25, 0.3) is 0 Å². The molecule has 0 saturated heterocycles. The quantitative estimate of drug-likeness (QED) is 0.830. The Morgan fingerprint density at radius 3 is 2.56 bits per heavy atom. The molecule has 0 aliphatic rings. The van der Waals surface area contributed by atoms with Crippen LogP contribution in [0.2, 0.25) is 0 Å². The Morgan fingerprint density at radius 1 is 1.38 bits per heavy atom. The van der Waals surface area contributed by atoms with Gasteiger partial charge < -0.3 is 10.6 Å². The zero-order valence-electron chi connectivity index (χ0n) is 10.8. The number of hydrogen-bond donors (Lipinski definition) is 1. The molecule has 1 aromatic rings. The molecule has 0 spiro atoms. The molecule has 0 aliphatic heterocycles. The van der Waals surface area contributed by atoms with E-state index in [0.29, 0.717) is 0 Å². The molecule has 0 fully saturated rings. The van der Waals surface area contributed by atoms with E-state index < -0.39 is 0 Å². The molecule has 1 unspecified atom stereocenters. The van der Waals surface area contributed by atoms with Gasteiger partial charge in [0.05, 0.1) is 10.7 Å². The van der Waals surface area contributed by atoms with Crippen molar-refractivity contribution in [2.24, 2.45) is 5.73 Å². The molecule has 92 valence electrons. The van der Waals surface area contributed by atoms with Crippen LogP contribution in [-0.4, -0.2) is 30.5 Å². The largest absolute Gasteiger partial charge is 0.323 e. The van der Waals surface area contributed by atoms with Crippen LogP contribution >= 0.6 is 11.3 Å². The van der Waals surface area contributed by atoms with Gasteiger partial charge in [-0.3, -0.25) is 0 Å². The van der Waals surface area contributed by atoms with Gasteiger partial charge in [0.2, 0.25) is 0 Å². The molecule has 4 heteroatoms. The van der Waals surface area contributed by atoms with Crippen molar-refractivity contribution >= 4 is 11.3 Å². The highest BCUT2D eigenvalue weighted by atomic mass is 32.1. The summed E-state index contributed by atoms with van der Waals surface area (Å²) in [6.07, 6.45) is 3.22. The summed E-state index contributed by atoms with van der Waals surface area (Å²) in [4.78, 5) is 8.17. The van der Waals surface area contributed by atoms with Gasteiger partial charge in [-0.25, -0.2) is 4.98 Å². The van der Waals surface area contributed by atoms with E-state index in [1.54, 1.807) is 11.3 Å². The van der Waals surface area contributed by atoms with Crippen molar-refractivity contribution in [1.82, 2.24) is 9.88 Å². The number of aromatic nitrogens is 1. The van der Waals surface area contributed by atoms with Crippen LogP contribution in [-0.2, 0) is 12.8 Å². The van der Waals surface area contributed by atoms with Crippen molar-refractivity contribution < 1.29 is 0 Å². The van der Waals surface area contributed by atoms with Crippen LogP contribution in [0, 0.1) is 0 Å². The third-order valence-electron chi connectivity index (χ3n) is 2.45. The second-order valence-electron chi connectivity index (χ2n) is 4.51. The monoisotopic (exact) mass is 241 g/mol. The summed E-state index contributed by atoms with van der Waals surface area (Å²) in [6.45, 7) is 5.28. The average Bonchev–Trinajstić information content (AvgIpc) is 2.59. The number of nitrogens with two attached hydrogens (primary N) is 1. The van der Waals surface area contributed by atoms with E-state index in [4.69, 9.17) is 10.7 Å². The minimum atomic E-state index is 0.118. The lowest BCUT2D eigenvalue weighted by atomic mass is 10.2. The topological polar surface area (TPSA) is 42.2 Å². The van der Waals surface area contributed by atoms with Crippen LogP contribution < -0.4 is 5.73 Å². The molecule has 0 amide bonds. The maximum Gasteiger partial charge on any atom is 0.0944 e. The molecule has 1 aromatic heterocycles. The maximum absolute atomic E-state index is 5.97. The molecule has 16 heavy (non-hydrogen) atoms. The summed E-state index contributed by atoms with van der Waals surface area (Å²) in [5.41, 5.74) is 7.19. The number of nitrogens with zero attached hydrogens (tertiary/aromatic N) is 2. The summed E-state index contributed by atoms with van der Waals surface area (Å²) >= 11 is 1.79. The molecule has 0 bridgehead atoms. The van der Waals surface area contributed by atoms with Crippen LogP contribution in [0.3, 0.4) is 0 Å². The van der Waals surface area contributed by atoms with E-state index in [1.165, 1.54) is 15.6 Å². The lowest BCUT2D eigenvalue weighted by molar-refractivity contribution is 0.413. The predicted molar refractivity (Wildman–Crippen MR) is 71.0 cm³/mol.